The Balaban J connectivity index is 0.000000151. The maximum Gasteiger partial charge on any atom is -0.00192 e. The largest absolute Gasteiger partial charge is 0.306 e. The van der Waals surface area contributed by atoms with Crippen LogP contribution in [0.5, 0.6) is 0 Å². The van der Waals surface area contributed by atoms with E-state index in [1.54, 1.807) is 0 Å². The van der Waals surface area contributed by atoms with Gasteiger partial charge in [0, 0.05) is 0 Å². The second-order valence-corrected chi connectivity index (χ2v) is 4.64. The van der Waals surface area contributed by atoms with E-state index in [-0.39, 0.29) is 0 Å². The van der Waals surface area contributed by atoms with E-state index in [2.05, 4.69) is 37.9 Å². The maximum atomic E-state index is 2.40. The van der Waals surface area contributed by atoms with Crippen LogP contribution in [0.25, 0.3) is 0 Å². The van der Waals surface area contributed by atoms with Crippen LogP contribution < -0.4 is 0 Å². The lowest BCUT2D eigenvalue weighted by Crippen LogP contribution is -2.28. The first-order chi connectivity index (χ1) is 7.18. The van der Waals surface area contributed by atoms with E-state index in [0.717, 1.165) is 5.92 Å². The van der Waals surface area contributed by atoms with Gasteiger partial charge in [-0.2, -0.15) is 0 Å². The van der Waals surface area contributed by atoms with Crippen LogP contribution in [0.4, 0.5) is 0 Å². The van der Waals surface area contributed by atoms with Crippen molar-refractivity contribution in [3.63, 3.8) is 0 Å². The molecule has 1 aromatic rings. The SMILES string of the molecule is CC1CCN(C)CC1.Cc1ccccc1. The third-order valence-corrected chi connectivity index (χ3v) is 2.95. The van der Waals surface area contributed by atoms with Gasteiger partial charge in [0.2, 0.25) is 0 Å². The highest BCUT2D eigenvalue weighted by Crippen LogP contribution is 2.13. The Morgan fingerprint density at radius 2 is 1.60 bits per heavy atom. The van der Waals surface area contributed by atoms with E-state index in [1.807, 2.05) is 18.2 Å². The highest BCUT2D eigenvalue weighted by molar-refractivity contribution is 5.11. The number of hydrogen-bond acceptors (Lipinski definition) is 1. The van der Waals surface area contributed by atoms with Crippen molar-refractivity contribution in [2.75, 3.05) is 20.1 Å². The Labute approximate surface area is 94.1 Å². The van der Waals surface area contributed by atoms with Crippen LogP contribution in [-0.2, 0) is 0 Å². The normalized spacial score (nSPS) is 18.1. The predicted octanol–water partition coefficient (Wildman–Crippen LogP) is 3.34. The fourth-order valence-corrected chi connectivity index (χ4v) is 1.67. The van der Waals surface area contributed by atoms with Crippen LogP contribution in [0.15, 0.2) is 30.3 Å². The van der Waals surface area contributed by atoms with Gasteiger partial charge in [0.25, 0.3) is 0 Å². The molecule has 1 nitrogen and oxygen atoms in total. The Morgan fingerprint density at radius 1 is 1.07 bits per heavy atom. The predicted molar refractivity (Wildman–Crippen MR) is 67.1 cm³/mol. The van der Waals surface area contributed by atoms with Gasteiger partial charge in [-0.3, -0.25) is 0 Å². The number of benzene rings is 1. The maximum absolute atomic E-state index is 2.40. The molecule has 0 radical (unpaired) electrons. The molecule has 2 rings (SSSR count). The number of nitrogens with zero attached hydrogens (tertiary/aromatic N) is 1. The monoisotopic (exact) mass is 205 g/mol. The fourth-order valence-electron chi connectivity index (χ4n) is 1.67. The second-order valence-electron chi connectivity index (χ2n) is 4.64. The average Bonchev–Trinajstić information content (AvgIpc) is 2.25. The number of rotatable bonds is 0. The van der Waals surface area contributed by atoms with Gasteiger partial charge in [-0.05, 0) is 45.8 Å². The first-order valence-electron chi connectivity index (χ1n) is 5.88. The quantitative estimate of drug-likeness (QED) is 0.628. The molecule has 1 aliphatic heterocycles. The van der Waals surface area contributed by atoms with E-state index >= 15 is 0 Å². The highest BCUT2D eigenvalue weighted by atomic mass is 15.1. The van der Waals surface area contributed by atoms with E-state index in [0.29, 0.717) is 0 Å². The number of aryl methyl sites for hydroxylation is 1. The van der Waals surface area contributed by atoms with E-state index in [1.165, 1.54) is 31.5 Å². The standard InChI is InChI=1S/C7H15N.C7H8/c1-7-3-5-8(2)6-4-7;1-7-5-3-2-4-6-7/h7H,3-6H2,1-2H3;2-6H,1H3. The highest BCUT2D eigenvalue weighted by Gasteiger charge is 2.10. The van der Waals surface area contributed by atoms with Crippen LogP contribution in [0.3, 0.4) is 0 Å². The lowest BCUT2D eigenvalue weighted by atomic mass is 10.00. The van der Waals surface area contributed by atoms with Gasteiger partial charge in [-0.15, -0.1) is 0 Å². The van der Waals surface area contributed by atoms with Crippen LogP contribution in [0.2, 0.25) is 0 Å². The molecule has 0 aliphatic carbocycles. The lowest BCUT2D eigenvalue weighted by molar-refractivity contribution is 0.230. The summed E-state index contributed by atoms with van der Waals surface area (Å²) >= 11 is 0. The van der Waals surface area contributed by atoms with E-state index in [4.69, 9.17) is 0 Å². The van der Waals surface area contributed by atoms with Crippen LogP contribution >= 0.6 is 0 Å². The molecule has 84 valence electrons. The molecule has 0 bridgehead atoms. The van der Waals surface area contributed by atoms with Crippen molar-refractivity contribution in [1.82, 2.24) is 4.90 Å². The van der Waals surface area contributed by atoms with Crippen LogP contribution in [-0.4, -0.2) is 25.0 Å². The number of likely N-dealkylation sites (tertiary alicyclic amines) is 1. The smallest absolute Gasteiger partial charge is 0.00192 e. The minimum Gasteiger partial charge on any atom is -0.306 e. The first-order valence-corrected chi connectivity index (χ1v) is 5.88. The fraction of sp³-hybridized carbons (Fsp3) is 0.571. The van der Waals surface area contributed by atoms with E-state index in [9.17, 15) is 0 Å². The average molecular weight is 205 g/mol. The van der Waals surface area contributed by atoms with Gasteiger partial charge in [0.05, 0.1) is 0 Å². The van der Waals surface area contributed by atoms with Crippen molar-refractivity contribution in [3.8, 4) is 0 Å². The second kappa shape index (κ2) is 6.62. The Morgan fingerprint density at radius 3 is 1.93 bits per heavy atom. The zero-order valence-electron chi connectivity index (χ0n) is 10.2. The van der Waals surface area contributed by atoms with Crippen molar-refractivity contribution in [2.45, 2.75) is 26.7 Å². The molecule has 1 heterocycles. The molecule has 1 aromatic carbocycles. The summed E-state index contributed by atoms with van der Waals surface area (Å²) in [6.45, 7) is 7.04. The molecular weight excluding hydrogens is 182 g/mol. The first kappa shape index (κ1) is 12.3. The molecule has 0 aromatic heterocycles. The number of hydrogen-bond donors (Lipinski definition) is 0. The zero-order valence-corrected chi connectivity index (χ0v) is 10.2. The molecular formula is C14H23N. The molecule has 0 unspecified atom stereocenters. The van der Waals surface area contributed by atoms with Crippen LogP contribution in [0, 0.1) is 12.8 Å². The molecule has 0 N–H and O–H groups in total. The minimum atomic E-state index is 0.978. The Kier molecular flexibility index (Phi) is 5.41. The zero-order chi connectivity index (χ0) is 11.1. The van der Waals surface area contributed by atoms with Crippen molar-refractivity contribution in [1.29, 1.82) is 0 Å². The molecule has 0 atom stereocenters. The van der Waals surface area contributed by atoms with Gasteiger partial charge >= 0.3 is 0 Å². The van der Waals surface area contributed by atoms with Gasteiger partial charge in [-0.25, -0.2) is 0 Å². The summed E-state index contributed by atoms with van der Waals surface area (Å²) in [7, 11) is 2.20. The van der Waals surface area contributed by atoms with Crippen molar-refractivity contribution in [2.24, 2.45) is 5.92 Å². The van der Waals surface area contributed by atoms with Gasteiger partial charge in [-0.1, -0.05) is 42.8 Å². The number of piperidine rings is 1. The summed E-state index contributed by atoms with van der Waals surface area (Å²) in [6, 6.07) is 10.3. The molecule has 1 aliphatic rings. The third-order valence-electron chi connectivity index (χ3n) is 2.95. The minimum absolute atomic E-state index is 0.978. The molecule has 1 heteroatoms. The summed E-state index contributed by atoms with van der Waals surface area (Å²) in [6.07, 6.45) is 2.80. The van der Waals surface area contributed by atoms with Crippen molar-refractivity contribution in [3.05, 3.63) is 35.9 Å². The van der Waals surface area contributed by atoms with Gasteiger partial charge in [0.15, 0.2) is 0 Å². The molecule has 1 fully saturated rings. The summed E-state index contributed by atoms with van der Waals surface area (Å²) in [4.78, 5) is 2.40. The van der Waals surface area contributed by atoms with E-state index < -0.39 is 0 Å². The lowest BCUT2D eigenvalue weighted by Gasteiger charge is -2.26. The van der Waals surface area contributed by atoms with Gasteiger partial charge in [0.1, 0.15) is 0 Å². The van der Waals surface area contributed by atoms with Gasteiger partial charge < -0.3 is 4.90 Å². The molecule has 1 saturated heterocycles. The summed E-state index contributed by atoms with van der Waals surface area (Å²) < 4.78 is 0. The molecule has 0 amide bonds. The summed E-state index contributed by atoms with van der Waals surface area (Å²) in [5, 5.41) is 0. The summed E-state index contributed by atoms with van der Waals surface area (Å²) in [5.74, 6) is 0.978. The Bertz CT molecular complexity index is 237. The molecule has 15 heavy (non-hydrogen) atoms. The molecule has 0 saturated carbocycles. The third kappa shape index (κ3) is 5.58. The molecule has 0 spiro atoms. The topological polar surface area (TPSA) is 3.24 Å². The Hall–Kier alpha value is -0.820. The van der Waals surface area contributed by atoms with Crippen molar-refractivity contribution < 1.29 is 0 Å². The van der Waals surface area contributed by atoms with Crippen LogP contribution in [0.1, 0.15) is 25.3 Å². The van der Waals surface area contributed by atoms with Crippen molar-refractivity contribution >= 4 is 0 Å². The summed E-state index contributed by atoms with van der Waals surface area (Å²) in [5.41, 5.74) is 1.32.